The fraction of sp³-hybridized carbons (Fsp3) is 0.393. The molecule has 1 aromatic heterocycles. The minimum absolute atomic E-state index is 0.165. The van der Waals surface area contributed by atoms with E-state index in [1.807, 2.05) is 32.9 Å². The molecule has 6 nitrogen and oxygen atoms in total. The van der Waals surface area contributed by atoms with Gasteiger partial charge >= 0.3 is 0 Å². The fourth-order valence-electron chi connectivity index (χ4n) is 4.75. The van der Waals surface area contributed by atoms with Crippen molar-refractivity contribution in [2.75, 3.05) is 42.9 Å². The van der Waals surface area contributed by atoms with Gasteiger partial charge in [0.1, 0.15) is 12.3 Å². The fourth-order valence-corrected chi connectivity index (χ4v) is 4.75. The molecule has 0 radical (unpaired) electrons. The van der Waals surface area contributed by atoms with Gasteiger partial charge in [0.25, 0.3) is 0 Å². The van der Waals surface area contributed by atoms with Gasteiger partial charge in [-0.05, 0) is 57.6 Å². The average Bonchev–Trinajstić information content (AvgIpc) is 3.24. The smallest absolute Gasteiger partial charge is 0.175 e. The molecule has 1 unspecified atom stereocenters. The Balaban J connectivity index is 1.44. The summed E-state index contributed by atoms with van der Waals surface area (Å²) in [6.45, 7) is 13.4. The van der Waals surface area contributed by atoms with Gasteiger partial charge in [0, 0.05) is 61.2 Å². The number of benzene rings is 2. The van der Waals surface area contributed by atoms with Gasteiger partial charge in [-0.25, -0.2) is 8.78 Å². The summed E-state index contributed by atoms with van der Waals surface area (Å²) in [6, 6.07) is 12.5. The zero-order valence-corrected chi connectivity index (χ0v) is 21.3. The summed E-state index contributed by atoms with van der Waals surface area (Å²) < 4.78 is 37.0. The van der Waals surface area contributed by atoms with Crippen molar-refractivity contribution >= 4 is 22.3 Å². The number of piperazine rings is 1. The van der Waals surface area contributed by atoms with Crippen LogP contribution in [0.3, 0.4) is 0 Å². The maximum absolute atomic E-state index is 15.1. The van der Waals surface area contributed by atoms with Crippen LogP contribution < -0.4 is 15.0 Å². The first-order chi connectivity index (χ1) is 17.4. The monoisotopic (exact) mass is 493 g/mol. The third-order valence-corrected chi connectivity index (χ3v) is 6.90. The number of nitriles is 1. The van der Waals surface area contributed by atoms with Gasteiger partial charge in [0.05, 0.1) is 17.1 Å². The summed E-state index contributed by atoms with van der Waals surface area (Å²) in [4.78, 5) is 4.81. The second-order valence-corrected chi connectivity index (χ2v) is 9.10. The first-order valence-electron chi connectivity index (χ1n) is 12.4. The van der Waals surface area contributed by atoms with Crippen molar-refractivity contribution in [1.29, 1.82) is 5.26 Å². The Labute approximate surface area is 211 Å². The molecule has 2 aromatic carbocycles. The lowest BCUT2D eigenvalue weighted by molar-refractivity contribution is 0.271. The Morgan fingerprint density at radius 3 is 2.42 bits per heavy atom. The maximum atomic E-state index is 15.1. The van der Waals surface area contributed by atoms with Crippen LogP contribution in [0.4, 0.5) is 20.2 Å². The zero-order chi connectivity index (χ0) is 25.8. The number of hydrogen-bond acceptors (Lipinski definition) is 5. The van der Waals surface area contributed by atoms with E-state index >= 15 is 4.39 Å². The van der Waals surface area contributed by atoms with Gasteiger partial charge in [-0.1, -0.05) is 6.92 Å². The summed E-state index contributed by atoms with van der Waals surface area (Å²) >= 11 is 0. The van der Waals surface area contributed by atoms with E-state index in [0.717, 1.165) is 50.2 Å². The molecule has 8 heteroatoms. The molecule has 0 saturated carbocycles. The van der Waals surface area contributed by atoms with Gasteiger partial charge in [-0.3, -0.25) is 0 Å². The van der Waals surface area contributed by atoms with E-state index in [0.29, 0.717) is 6.54 Å². The molecule has 1 fully saturated rings. The molecule has 1 aliphatic rings. The summed E-state index contributed by atoms with van der Waals surface area (Å²) in [5.41, 5.74) is 3.27. The lowest BCUT2D eigenvalue weighted by Crippen LogP contribution is -2.46. The van der Waals surface area contributed by atoms with Crippen LogP contribution in [0.5, 0.6) is 5.75 Å². The first-order valence-corrected chi connectivity index (χ1v) is 12.4. The number of ether oxygens (including phenoxy) is 1. The van der Waals surface area contributed by atoms with E-state index in [1.54, 1.807) is 10.6 Å². The molecule has 190 valence electrons. The quantitative estimate of drug-likeness (QED) is 0.323. The molecule has 1 saturated heterocycles. The van der Waals surface area contributed by atoms with Crippen LogP contribution in [-0.4, -0.2) is 48.2 Å². The number of halogens is 2. The van der Waals surface area contributed by atoms with Crippen molar-refractivity contribution in [3.8, 4) is 11.8 Å². The minimum Gasteiger partial charge on any atom is -0.461 e. The van der Waals surface area contributed by atoms with Gasteiger partial charge in [0.2, 0.25) is 0 Å². The number of aryl methyl sites for hydroxylation is 2. The lowest BCUT2D eigenvalue weighted by atomic mass is 10.1. The van der Waals surface area contributed by atoms with E-state index in [-0.39, 0.29) is 22.2 Å². The van der Waals surface area contributed by atoms with Crippen molar-refractivity contribution < 1.29 is 13.5 Å². The van der Waals surface area contributed by atoms with Crippen molar-refractivity contribution in [3.63, 3.8) is 0 Å². The molecule has 1 N–H and O–H groups in total. The highest BCUT2D eigenvalue weighted by atomic mass is 19.1. The molecule has 0 spiro atoms. The highest BCUT2D eigenvalue weighted by molar-refractivity contribution is 5.84. The van der Waals surface area contributed by atoms with E-state index in [2.05, 4.69) is 40.2 Å². The van der Waals surface area contributed by atoms with Crippen molar-refractivity contribution in [2.45, 2.75) is 40.3 Å². The number of likely N-dealkylation sites (N-methyl/N-ethyl adjacent to an activating group) is 1. The summed E-state index contributed by atoms with van der Waals surface area (Å²) in [5, 5.41) is 13.1. The molecule has 36 heavy (non-hydrogen) atoms. The highest BCUT2D eigenvalue weighted by Gasteiger charge is 2.19. The predicted octanol–water partition coefficient (Wildman–Crippen LogP) is 5.68. The average molecular weight is 494 g/mol. The number of nitrogens with zero attached hydrogens (tertiary/aromatic N) is 4. The summed E-state index contributed by atoms with van der Waals surface area (Å²) in [7, 11) is 0. The molecular weight excluding hydrogens is 460 g/mol. The number of aromatic nitrogens is 1. The summed E-state index contributed by atoms with van der Waals surface area (Å²) in [5.74, 6) is -1.46. The van der Waals surface area contributed by atoms with Crippen LogP contribution in [0.15, 0.2) is 48.2 Å². The van der Waals surface area contributed by atoms with E-state index in [9.17, 15) is 9.65 Å². The lowest BCUT2D eigenvalue weighted by Gasteiger charge is -2.35. The van der Waals surface area contributed by atoms with Crippen LogP contribution in [0.25, 0.3) is 10.9 Å². The molecule has 0 aliphatic carbocycles. The molecular formula is C28H33F2N5O. The number of nitrogens with one attached hydrogen (secondary N) is 1. The molecule has 1 aliphatic heterocycles. The van der Waals surface area contributed by atoms with Crippen LogP contribution in [-0.2, 0) is 6.54 Å². The van der Waals surface area contributed by atoms with Crippen LogP contribution in [0, 0.1) is 29.9 Å². The number of fused-ring (bicyclic) bond motifs is 1. The molecule has 0 bridgehead atoms. The van der Waals surface area contributed by atoms with Crippen LogP contribution >= 0.6 is 0 Å². The highest BCUT2D eigenvalue weighted by Crippen LogP contribution is 2.32. The van der Waals surface area contributed by atoms with Crippen molar-refractivity contribution in [2.24, 2.45) is 0 Å². The van der Waals surface area contributed by atoms with E-state index in [4.69, 9.17) is 4.74 Å². The predicted molar refractivity (Wildman–Crippen MR) is 140 cm³/mol. The van der Waals surface area contributed by atoms with Crippen LogP contribution in [0.1, 0.15) is 26.5 Å². The third kappa shape index (κ3) is 5.17. The van der Waals surface area contributed by atoms with Crippen LogP contribution in [0.2, 0.25) is 0 Å². The Bertz CT molecular complexity index is 1280. The Hall–Kier alpha value is -3.57. The number of anilines is 2. The molecule has 1 atom stereocenters. The second kappa shape index (κ2) is 11.0. The standard InChI is InChI=1S/C28H33F2N5O/c1-5-33-11-13-34(14-12-33)23-9-7-22(8-10-23)32-20(4)21(17-31)18-36-26-16-25(29)28-24(27(26)30)15-19(3)35(28)6-2/h7-10,15-16,18,20,32H,5-6,11-14H2,1-4H3/b21-18+. The van der Waals surface area contributed by atoms with Gasteiger partial charge < -0.3 is 24.4 Å². The minimum atomic E-state index is -0.647. The van der Waals surface area contributed by atoms with E-state index in [1.165, 1.54) is 11.9 Å². The SMILES string of the molecule is CCN1CCN(c2ccc(NC(C)/C(C#N)=C/Oc3cc(F)c4c(cc(C)n4CC)c3F)cc2)CC1. The molecule has 2 heterocycles. The number of hydrogen-bond donors (Lipinski definition) is 1. The normalized spacial score (nSPS) is 15.7. The first kappa shape index (κ1) is 25.5. The van der Waals surface area contributed by atoms with Gasteiger partial charge in [-0.15, -0.1) is 0 Å². The van der Waals surface area contributed by atoms with Crippen molar-refractivity contribution in [3.05, 3.63) is 65.6 Å². The molecule has 3 aromatic rings. The zero-order valence-electron chi connectivity index (χ0n) is 21.3. The van der Waals surface area contributed by atoms with Gasteiger partial charge in [0.15, 0.2) is 17.4 Å². The van der Waals surface area contributed by atoms with E-state index < -0.39 is 17.7 Å². The molecule has 0 amide bonds. The maximum Gasteiger partial charge on any atom is 0.175 e. The number of rotatable bonds is 8. The topological polar surface area (TPSA) is 56.5 Å². The Morgan fingerprint density at radius 1 is 1.11 bits per heavy atom. The second-order valence-electron chi connectivity index (χ2n) is 9.10. The van der Waals surface area contributed by atoms with Crippen molar-refractivity contribution in [1.82, 2.24) is 9.47 Å². The molecule has 4 rings (SSSR count). The largest absolute Gasteiger partial charge is 0.461 e. The Morgan fingerprint density at radius 2 is 1.81 bits per heavy atom. The van der Waals surface area contributed by atoms with Gasteiger partial charge in [-0.2, -0.15) is 5.26 Å². The third-order valence-electron chi connectivity index (χ3n) is 6.90. The summed E-state index contributed by atoms with van der Waals surface area (Å²) in [6.07, 6.45) is 1.19. The Kier molecular flexibility index (Phi) is 7.80.